The lowest BCUT2D eigenvalue weighted by Crippen LogP contribution is -1.89. The Kier molecular flexibility index (Phi) is 2.00. The number of hydrogen-bond acceptors (Lipinski definition) is 2. The van der Waals surface area contributed by atoms with Gasteiger partial charge in [0.15, 0.2) is 0 Å². The first kappa shape index (κ1) is 7.46. The van der Waals surface area contributed by atoms with Crippen molar-refractivity contribution in [1.29, 1.82) is 0 Å². The summed E-state index contributed by atoms with van der Waals surface area (Å²) in [6.45, 7) is 0. The average molecular weight is 156 g/mol. The van der Waals surface area contributed by atoms with Gasteiger partial charge in [0, 0.05) is 12.1 Å². The van der Waals surface area contributed by atoms with Gasteiger partial charge in [0.2, 0.25) is 11.0 Å². The molecule has 0 aromatic heterocycles. The van der Waals surface area contributed by atoms with Gasteiger partial charge in [-0.1, -0.05) is 0 Å². The van der Waals surface area contributed by atoms with Crippen LogP contribution in [0.4, 0.5) is 10.1 Å². The quantitative estimate of drug-likeness (QED) is 0.383. The minimum absolute atomic E-state index is 0.0144. The van der Waals surface area contributed by atoms with Crippen LogP contribution in [-0.4, -0.2) is 10.1 Å². The molecular weight excluding hydrogens is 151 g/mol. The Bertz CT molecular complexity index is 270. The van der Waals surface area contributed by atoms with E-state index in [1.165, 1.54) is 12.1 Å². The molecular formula is C6H5FN2O2. The fourth-order valence-electron chi connectivity index (χ4n) is 0.620. The maximum atomic E-state index is 12.2. The molecule has 0 saturated carbocycles. The minimum Gasteiger partial charge on any atom is -0.592 e. The van der Waals surface area contributed by atoms with Gasteiger partial charge in [-0.05, 0) is 17.0 Å². The molecule has 0 aliphatic carbocycles. The predicted molar refractivity (Wildman–Crippen MR) is 33.9 cm³/mol. The van der Waals surface area contributed by atoms with Crippen molar-refractivity contribution in [3.8, 4) is 0 Å². The van der Waals surface area contributed by atoms with Crippen molar-refractivity contribution in [3.05, 3.63) is 35.3 Å². The van der Waals surface area contributed by atoms with Crippen LogP contribution in [0.2, 0.25) is 0 Å². The Morgan fingerprint density at radius 1 is 1.36 bits per heavy atom. The highest BCUT2D eigenvalue weighted by molar-refractivity contribution is 5.28. The van der Waals surface area contributed by atoms with Gasteiger partial charge in [0.05, 0.1) is 0 Å². The fourth-order valence-corrected chi connectivity index (χ4v) is 0.620. The van der Waals surface area contributed by atoms with Crippen molar-refractivity contribution in [3.63, 3.8) is 0 Å². The molecule has 0 spiro atoms. The number of hydrogen-bond donors (Lipinski definition) is 1. The topological polar surface area (TPSA) is 58.7 Å². The maximum absolute atomic E-state index is 12.2. The van der Waals surface area contributed by atoms with E-state index in [1.807, 2.05) is 0 Å². The number of nitrogens with zero attached hydrogens (tertiary/aromatic N) is 2. The molecule has 0 radical (unpaired) electrons. The van der Waals surface area contributed by atoms with Crippen molar-refractivity contribution in [2.24, 2.45) is 5.28 Å². The SMILES string of the molecule is [O-]/[N+](=N\O)c1ccc(F)cc1. The first-order valence-electron chi connectivity index (χ1n) is 2.82. The van der Waals surface area contributed by atoms with E-state index in [0.29, 0.717) is 0 Å². The molecule has 0 unspecified atom stereocenters. The zero-order valence-electron chi connectivity index (χ0n) is 5.44. The number of benzene rings is 1. The molecule has 0 fully saturated rings. The van der Waals surface area contributed by atoms with Crippen molar-refractivity contribution in [1.82, 2.24) is 0 Å². The van der Waals surface area contributed by atoms with E-state index in [0.717, 1.165) is 12.1 Å². The molecule has 0 amide bonds. The molecule has 0 bridgehead atoms. The highest BCUT2D eigenvalue weighted by Crippen LogP contribution is 2.10. The second-order valence-corrected chi connectivity index (χ2v) is 1.84. The summed E-state index contributed by atoms with van der Waals surface area (Å²) in [5.41, 5.74) is 0.0777. The van der Waals surface area contributed by atoms with E-state index in [1.54, 1.807) is 0 Å². The van der Waals surface area contributed by atoms with Crippen LogP contribution in [0.15, 0.2) is 29.5 Å². The Morgan fingerprint density at radius 3 is 2.36 bits per heavy atom. The summed E-state index contributed by atoms with van der Waals surface area (Å²) < 4.78 is 12.2. The van der Waals surface area contributed by atoms with E-state index in [9.17, 15) is 9.60 Å². The van der Waals surface area contributed by atoms with Crippen molar-refractivity contribution >= 4 is 5.69 Å². The summed E-state index contributed by atoms with van der Waals surface area (Å²) in [7, 11) is 0. The fraction of sp³-hybridized carbons (Fsp3) is 0. The molecule has 0 heterocycles. The predicted octanol–water partition coefficient (Wildman–Crippen LogP) is 1.81. The third-order valence-corrected chi connectivity index (χ3v) is 1.13. The van der Waals surface area contributed by atoms with Gasteiger partial charge >= 0.3 is 0 Å². The number of halogens is 1. The molecule has 1 aromatic carbocycles. The molecule has 5 heteroatoms. The van der Waals surface area contributed by atoms with E-state index < -0.39 is 5.82 Å². The smallest absolute Gasteiger partial charge is 0.248 e. The summed E-state index contributed by atoms with van der Waals surface area (Å²) in [5.74, 6) is -0.444. The number of rotatable bonds is 1. The van der Waals surface area contributed by atoms with Gasteiger partial charge in [-0.15, -0.1) is 0 Å². The molecule has 1 N–H and O–H groups in total. The zero-order chi connectivity index (χ0) is 8.27. The van der Waals surface area contributed by atoms with Crippen LogP contribution in [0.5, 0.6) is 0 Å². The Labute approximate surface area is 61.8 Å². The Balaban J connectivity index is 2.99. The van der Waals surface area contributed by atoms with Crippen molar-refractivity contribution < 1.29 is 14.5 Å². The van der Waals surface area contributed by atoms with E-state index >= 15 is 0 Å². The highest BCUT2D eigenvalue weighted by atomic mass is 19.1. The van der Waals surface area contributed by atoms with E-state index in [-0.39, 0.29) is 10.5 Å². The standard InChI is InChI=1S/C6H5FN2O2/c7-5-1-3-6(4-2-5)9(11)8-10/h1-4,10H/b9-8-. The lowest BCUT2D eigenvalue weighted by atomic mass is 10.3. The molecule has 0 aliphatic heterocycles. The Hall–Kier alpha value is -1.65. The van der Waals surface area contributed by atoms with Crippen LogP contribution in [0.25, 0.3) is 0 Å². The van der Waals surface area contributed by atoms with Crippen LogP contribution in [-0.2, 0) is 0 Å². The van der Waals surface area contributed by atoms with Gasteiger partial charge in [-0.2, -0.15) is 0 Å². The van der Waals surface area contributed by atoms with Crippen LogP contribution >= 0.6 is 0 Å². The molecule has 1 rings (SSSR count). The summed E-state index contributed by atoms with van der Waals surface area (Å²) in [5, 5.41) is 20.8. The van der Waals surface area contributed by atoms with Crippen molar-refractivity contribution in [2.45, 2.75) is 0 Å². The molecule has 4 nitrogen and oxygen atoms in total. The monoisotopic (exact) mass is 156 g/mol. The third-order valence-electron chi connectivity index (χ3n) is 1.13. The van der Waals surface area contributed by atoms with Gasteiger partial charge in [0.1, 0.15) is 5.82 Å². The van der Waals surface area contributed by atoms with Crippen LogP contribution < -0.4 is 0 Å². The second-order valence-electron chi connectivity index (χ2n) is 1.84. The van der Waals surface area contributed by atoms with E-state index in [2.05, 4.69) is 5.28 Å². The summed E-state index contributed by atoms with van der Waals surface area (Å²) in [4.78, 5) is -0.0144. The summed E-state index contributed by atoms with van der Waals surface area (Å²) in [6, 6.07) is 4.63. The largest absolute Gasteiger partial charge is 0.592 e. The van der Waals surface area contributed by atoms with Gasteiger partial charge in [0.25, 0.3) is 0 Å². The first-order chi connectivity index (χ1) is 5.24. The molecule has 0 atom stereocenters. The molecule has 1 aromatic rings. The van der Waals surface area contributed by atoms with Gasteiger partial charge < -0.3 is 10.4 Å². The van der Waals surface area contributed by atoms with Crippen LogP contribution in [0.3, 0.4) is 0 Å². The van der Waals surface area contributed by atoms with E-state index in [4.69, 9.17) is 5.21 Å². The molecule has 0 aliphatic rings. The second kappa shape index (κ2) is 2.96. The maximum Gasteiger partial charge on any atom is 0.248 e. The highest BCUT2D eigenvalue weighted by Gasteiger charge is 2.01. The van der Waals surface area contributed by atoms with Crippen molar-refractivity contribution in [2.75, 3.05) is 0 Å². The summed E-state index contributed by atoms with van der Waals surface area (Å²) >= 11 is 0. The lowest BCUT2D eigenvalue weighted by Gasteiger charge is -1.94. The van der Waals surface area contributed by atoms with Crippen LogP contribution in [0.1, 0.15) is 0 Å². The first-order valence-corrected chi connectivity index (χ1v) is 2.82. The third kappa shape index (κ3) is 1.64. The molecule has 0 saturated heterocycles. The average Bonchev–Trinajstić information content (AvgIpc) is 2.05. The molecule has 11 heavy (non-hydrogen) atoms. The zero-order valence-corrected chi connectivity index (χ0v) is 5.44. The minimum atomic E-state index is -0.444. The Morgan fingerprint density at radius 2 is 1.91 bits per heavy atom. The van der Waals surface area contributed by atoms with Crippen LogP contribution in [0, 0.1) is 11.0 Å². The van der Waals surface area contributed by atoms with Gasteiger partial charge in [-0.25, -0.2) is 4.39 Å². The van der Waals surface area contributed by atoms with Gasteiger partial charge in [-0.3, -0.25) is 0 Å². The normalized spacial score (nSPS) is 11.5. The lowest BCUT2D eigenvalue weighted by molar-refractivity contribution is -0.473. The summed E-state index contributed by atoms with van der Waals surface area (Å²) in [6.07, 6.45) is 0. The molecule has 58 valence electrons.